The normalized spacial score (nSPS) is 19.3. The Balaban J connectivity index is 1.38. The van der Waals surface area contributed by atoms with Crippen LogP contribution in [0.5, 0.6) is 0 Å². The fourth-order valence-electron chi connectivity index (χ4n) is 2.68. The van der Waals surface area contributed by atoms with E-state index in [1.165, 1.54) is 19.5 Å². The SMILES string of the molecule is c1ccc(NC[C@H]2CCN(CCn3cccn3)C2)nc1. The van der Waals surface area contributed by atoms with Gasteiger partial charge in [-0.3, -0.25) is 4.68 Å². The maximum absolute atomic E-state index is 4.29. The van der Waals surface area contributed by atoms with E-state index in [2.05, 4.69) is 20.3 Å². The van der Waals surface area contributed by atoms with E-state index in [4.69, 9.17) is 0 Å². The van der Waals surface area contributed by atoms with Crippen LogP contribution in [0.3, 0.4) is 0 Å². The van der Waals surface area contributed by atoms with Gasteiger partial charge in [0.25, 0.3) is 0 Å². The van der Waals surface area contributed by atoms with Gasteiger partial charge in [0.15, 0.2) is 0 Å². The summed E-state index contributed by atoms with van der Waals surface area (Å²) in [5.41, 5.74) is 0. The summed E-state index contributed by atoms with van der Waals surface area (Å²) in [7, 11) is 0. The molecule has 0 unspecified atom stereocenters. The van der Waals surface area contributed by atoms with E-state index in [-0.39, 0.29) is 0 Å². The highest BCUT2D eigenvalue weighted by Crippen LogP contribution is 2.16. The lowest BCUT2D eigenvalue weighted by molar-refractivity contribution is 0.305. The van der Waals surface area contributed by atoms with Gasteiger partial charge in [-0.05, 0) is 37.1 Å². The summed E-state index contributed by atoms with van der Waals surface area (Å²) >= 11 is 0. The van der Waals surface area contributed by atoms with Gasteiger partial charge in [0, 0.05) is 38.2 Å². The number of anilines is 1. The molecule has 0 saturated carbocycles. The van der Waals surface area contributed by atoms with Crippen molar-refractivity contribution in [2.45, 2.75) is 13.0 Å². The van der Waals surface area contributed by atoms with Crippen LogP contribution >= 0.6 is 0 Å². The molecule has 0 radical (unpaired) electrons. The second-order valence-electron chi connectivity index (χ2n) is 5.32. The van der Waals surface area contributed by atoms with E-state index >= 15 is 0 Å². The molecule has 0 aliphatic carbocycles. The minimum atomic E-state index is 0.717. The lowest BCUT2D eigenvalue weighted by Crippen LogP contribution is -2.26. The predicted octanol–water partition coefficient (Wildman–Crippen LogP) is 1.71. The first kappa shape index (κ1) is 13.1. The van der Waals surface area contributed by atoms with Crippen LogP contribution in [0.1, 0.15) is 6.42 Å². The van der Waals surface area contributed by atoms with Gasteiger partial charge in [-0.15, -0.1) is 0 Å². The maximum Gasteiger partial charge on any atom is 0.125 e. The molecule has 20 heavy (non-hydrogen) atoms. The summed E-state index contributed by atoms with van der Waals surface area (Å²) in [4.78, 5) is 6.81. The number of likely N-dealkylation sites (tertiary alicyclic amines) is 1. The van der Waals surface area contributed by atoms with Crippen molar-refractivity contribution in [3.05, 3.63) is 42.9 Å². The molecule has 2 aromatic heterocycles. The Kier molecular flexibility index (Phi) is 4.28. The molecule has 0 amide bonds. The number of rotatable bonds is 6. The first-order valence-corrected chi connectivity index (χ1v) is 7.25. The van der Waals surface area contributed by atoms with Crippen molar-refractivity contribution < 1.29 is 0 Å². The van der Waals surface area contributed by atoms with Crippen LogP contribution in [-0.4, -0.2) is 45.8 Å². The van der Waals surface area contributed by atoms with Gasteiger partial charge in [0.2, 0.25) is 0 Å². The minimum Gasteiger partial charge on any atom is -0.370 e. The molecular formula is C15H21N5. The van der Waals surface area contributed by atoms with E-state index in [1.807, 2.05) is 47.5 Å². The average molecular weight is 271 g/mol. The van der Waals surface area contributed by atoms with Gasteiger partial charge < -0.3 is 10.2 Å². The Hall–Kier alpha value is -1.88. The Labute approximate surface area is 119 Å². The fourth-order valence-corrected chi connectivity index (χ4v) is 2.68. The first-order valence-electron chi connectivity index (χ1n) is 7.25. The Morgan fingerprint density at radius 3 is 3.00 bits per heavy atom. The van der Waals surface area contributed by atoms with Crippen LogP contribution in [0, 0.1) is 5.92 Å². The Bertz CT molecular complexity index is 496. The monoisotopic (exact) mass is 271 g/mol. The molecule has 5 nitrogen and oxygen atoms in total. The van der Waals surface area contributed by atoms with Crippen molar-refractivity contribution in [3.63, 3.8) is 0 Å². The minimum absolute atomic E-state index is 0.717. The number of nitrogens with one attached hydrogen (secondary N) is 1. The molecule has 1 aliphatic rings. The smallest absolute Gasteiger partial charge is 0.125 e. The molecule has 1 N–H and O–H groups in total. The van der Waals surface area contributed by atoms with Crippen molar-refractivity contribution in [3.8, 4) is 0 Å². The molecular weight excluding hydrogens is 250 g/mol. The fraction of sp³-hybridized carbons (Fsp3) is 0.467. The molecule has 106 valence electrons. The third-order valence-corrected chi connectivity index (χ3v) is 3.81. The number of nitrogens with zero attached hydrogens (tertiary/aromatic N) is 4. The molecule has 5 heteroatoms. The zero-order valence-electron chi connectivity index (χ0n) is 11.7. The van der Waals surface area contributed by atoms with Gasteiger partial charge in [-0.2, -0.15) is 5.10 Å². The number of pyridine rings is 1. The van der Waals surface area contributed by atoms with Crippen LogP contribution < -0.4 is 5.32 Å². The average Bonchev–Trinajstić information content (AvgIpc) is 3.16. The first-order chi connectivity index (χ1) is 9.90. The summed E-state index contributed by atoms with van der Waals surface area (Å²) < 4.78 is 2.00. The van der Waals surface area contributed by atoms with Crippen LogP contribution in [0.2, 0.25) is 0 Å². The summed E-state index contributed by atoms with van der Waals surface area (Å²) in [5, 5.41) is 7.66. The topological polar surface area (TPSA) is 46.0 Å². The molecule has 1 fully saturated rings. The molecule has 0 spiro atoms. The number of hydrogen-bond donors (Lipinski definition) is 1. The Morgan fingerprint density at radius 2 is 2.20 bits per heavy atom. The van der Waals surface area contributed by atoms with Crippen molar-refractivity contribution in [2.24, 2.45) is 5.92 Å². The number of aromatic nitrogens is 3. The highest BCUT2D eigenvalue weighted by molar-refractivity contribution is 5.33. The van der Waals surface area contributed by atoms with E-state index in [1.54, 1.807) is 0 Å². The van der Waals surface area contributed by atoms with Crippen molar-refractivity contribution in [1.29, 1.82) is 0 Å². The van der Waals surface area contributed by atoms with E-state index in [9.17, 15) is 0 Å². The van der Waals surface area contributed by atoms with E-state index < -0.39 is 0 Å². The maximum atomic E-state index is 4.29. The van der Waals surface area contributed by atoms with E-state index in [0.29, 0.717) is 0 Å². The van der Waals surface area contributed by atoms with Gasteiger partial charge >= 0.3 is 0 Å². The lowest BCUT2D eigenvalue weighted by atomic mass is 10.1. The van der Waals surface area contributed by atoms with E-state index in [0.717, 1.165) is 31.4 Å². The second-order valence-corrected chi connectivity index (χ2v) is 5.32. The second kappa shape index (κ2) is 6.52. The molecule has 0 aromatic carbocycles. The standard InChI is InChI=1S/C15H21N5/c1-2-6-16-15(4-1)17-12-14-5-9-19(13-14)10-11-20-8-3-7-18-20/h1-4,6-8,14H,5,9-13H2,(H,16,17)/t14-/m1/s1. The highest BCUT2D eigenvalue weighted by atomic mass is 15.3. The third kappa shape index (κ3) is 3.57. The molecule has 1 aliphatic heterocycles. The summed E-state index contributed by atoms with van der Waals surface area (Å²) in [6, 6.07) is 7.95. The molecule has 1 atom stereocenters. The lowest BCUT2D eigenvalue weighted by Gasteiger charge is -2.16. The zero-order valence-corrected chi connectivity index (χ0v) is 11.7. The Morgan fingerprint density at radius 1 is 1.20 bits per heavy atom. The largest absolute Gasteiger partial charge is 0.370 e. The van der Waals surface area contributed by atoms with Crippen molar-refractivity contribution >= 4 is 5.82 Å². The van der Waals surface area contributed by atoms with Crippen molar-refractivity contribution in [1.82, 2.24) is 19.7 Å². The third-order valence-electron chi connectivity index (χ3n) is 3.81. The summed E-state index contributed by atoms with van der Waals surface area (Å²) in [5.74, 6) is 1.69. The van der Waals surface area contributed by atoms with Gasteiger partial charge in [-0.1, -0.05) is 6.07 Å². The molecule has 3 heterocycles. The molecule has 0 bridgehead atoms. The van der Waals surface area contributed by atoms with Crippen LogP contribution in [-0.2, 0) is 6.54 Å². The zero-order chi connectivity index (χ0) is 13.6. The molecule has 2 aromatic rings. The van der Waals surface area contributed by atoms with Gasteiger partial charge in [0.05, 0.1) is 6.54 Å². The summed E-state index contributed by atoms with van der Waals surface area (Å²) in [6.45, 7) is 5.43. The molecule has 1 saturated heterocycles. The predicted molar refractivity (Wildman–Crippen MR) is 79.5 cm³/mol. The van der Waals surface area contributed by atoms with Crippen LogP contribution in [0.15, 0.2) is 42.9 Å². The van der Waals surface area contributed by atoms with Gasteiger partial charge in [-0.25, -0.2) is 4.98 Å². The van der Waals surface area contributed by atoms with Crippen LogP contribution in [0.25, 0.3) is 0 Å². The molecule has 3 rings (SSSR count). The van der Waals surface area contributed by atoms with Crippen molar-refractivity contribution in [2.75, 3.05) is 31.5 Å². The van der Waals surface area contributed by atoms with Gasteiger partial charge in [0.1, 0.15) is 5.82 Å². The summed E-state index contributed by atoms with van der Waals surface area (Å²) in [6.07, 6.45) is 6.95. The van der Waals surface area contributed by atoms with Crippen LogP contribution in [0.4, 0.5) is 5.82 Å². The quantitative estimate of drug-likeness (QED) is 0.869. The highest BCUT2D eigenvalue weighted by Gasteiger charge is 2.21. The number of hydrogen-bond acceptors (Lipinski definition) is 4.